The van der Waals surface area contributed by atoms with E-state index in [1.54, 1.807) is 0 Å². The third kappa shape index (κ3) is 6.35. The zero-order chi connectivity index (χ0) is 14.3. The third-order valence-corrected chi connectivity index (χ3v) is 5.21. The van der Waals surface area contributed by atoms with Crippen molar-refractivity contribution in [2.24, 2.45) is 5.73 Å². The molecule has 3 N–H and O–H groups in total. The van der Waals surface area contributed by atoms with E-state index in [0.717, 1.165) is 32.5 Å². The SMILES string of the molecule is CCN(CCS(=O)(=O)CCC(N)=O)C1CCNCC1. The number of carbonyl (C=O) groups excluding carboxylic acids is 1. The molecule has 1 aliphatic rings. The summed E-state index contributed by atoms with van der Waals surface area (Å²) in [6.45, 7) is 5.45. The van der Waals surface area contributed by atoms with Crippen LogP contribution >= 0.6 is 0 Å². The van der Waals surface area contributed by atoms with Crippen molar-refractivity contribution >= 4 is 15.7 Å². The first-order valence-electron chi connectivity index (χ1n) is 6.88. The minimum atomic E-state index is -3.18. The molecule has 0 atom stereocenters. The van der Waals surface area contributed by atoms with Gasteiger partial charge in [0, 0.05) is 19.0 Å². The lowest BCUT2D eigenvalue weighted by molar-refractivity contribution is -0.117. The van der Waals surface area contributed by atoms with Gasteiger partial charge in [-0.15, -0.1) is 0 Å². The van der Waals surface area contributed by atoms with Crippen molar-refractivity contribution in [1.29, 1.82) is 0 Å². The molecule has 1 saturated heterocycles. The van der Waals surface area contributed by atoms with E-state index < -0.39 is 15.7 Å². The Morgan fingerprint density at radius 3 is 2.47 bits per heavy atom. The maximum Gasteiger partial charge on any atom is 0.218 e. The summed E-state index contributed by atoms with van der Waals surface area (Å²) >= 11 is 0. The average Bonchev–Trinajstić information content (AvgIpc) is 2.38. The molecule has 6 nitrogen and oxygen atoms in total. The number of carbonyl (C=O) groups is 1. The van der Waals surface area contributed by atoms with Gasteiger partial charge in [-0.25, -0.2) is 8.42 Å². The van der Waals surface area contributed by atoms with Crippen LogP contribution in [0.2, 0.25) is 0 Å². The van der Waals surface area contributed by atoms with Gasteiger partial charge in [0.1, 0.15) is 0 Å². The lowest BCUT2D eigenvalue weighted by atomic mass is 10.1. The van der Waals surface area contributed by atoms with Crippen molar-refractivity contribution in [2.75, 3.05) is 37.7 Å². The lowest BCUT2D eigenvalue weighted by Gasteiger charge is -2.33. The van der Waals surface area contributed by atoms with Crippen LogP contribution in [0.15, 0.2) is 0 Å². The van der Waals surface area contributed by atoms with Gasteiger partial charge in [0.15, 0.2) is 9.84 Å². The number of sulfone groups is 1. The van der Waals surface area contributed by atoms with E-state index in [2.05, 4.69) is 17.1 Å². The molecule has 0 aromatic carbocycles. The average molecular weight is 291 g/mol. The van der Waals surface area contributed by atoms with Crippen LogP contribution in [-0.4, -0.2) is 63.0 Å². The van der Waals surface area contributed by atoms with Gasteiger partial charge in [0.2, 0.25) is 5.91 Å². The first-order chi connectivity index (χ1) is 8.94. The molecule has 112 valence electrons. The van der Waals surface area contributed by atoms with Gasteiger partial charge in [-0.3, -0.25) is 9.69 Å². The summed E-state index contributed by atoms with van der Waals surface area (Å²) in [6, 6.07) is 0.470. The maximum absolute atomic E-state index is 11.8. The molecule has 0 saturated carbocycles. The molecule has 1 rings (SSSR count). The Morgan fingerprint density at radius 1 is 1.32 bits per heavy atom. The van der Waals surface area contributed by atoms with E-state index in [1.807, 2.05) is 0 Å². The second kappa shape index (κ2) is 7.81. The fourth-order valence-corrected chi connectivity index (χ4v) is 3.61. The van der Waals surface area contributed by atoms with Gasteiger partial charge in [0.25, 0.3) is 0 Å². The van der Waals surface area contributed by atoms with Gasteiger partial charge in [-0.1, -0.05) is 6.92 Å². The van der Waals surface area contributed by atoms with Crippen LogP contribution < -0.4 is 11.1 Å². The standard InChI is InChI=1S/C12H25N3O3S/c1-2-15(11-3-6-14-7-4-11)8-10-19(17,18)9-5-12(13)16/h11,14H,2-10H2,1H3,(H2,13,16). The topological polar surface area (TPSA) is 92.5 Å². The molecular formula is C12H25N3O3S. The first kappa shape index (κ1) is 16.4. The molecule has 1 amide bonds. The molecule has 1 aliphatic heterocycles. The number of nitrogens with one attached hydrogen (secondary N) is 1. The Hall–Kier alpha value is -0.660. The molecule has 0 aromatic heterocycles. The molecule has 1 fully saturated rings. The Kier molecular flexibility index (Phi) is 6.74. The second-order valence-corrected chi connectivity index (χ2v) is 7.28. The van der Waals surface area contributed by atoms with Crippen LogP contribution in [0.3, 0.4) is 0 Å². The number of hydrogen-bond acceptors (Lipinski definition) is 5. The van der Waals surface area contributed by atoms with E-state index in [-0.39, 0.29) is 17.9 Å². The van der Waals surface area contributed by atoms with Gasteiger partial charge in [-0.05, 0) is 32.5 Å². The highest BCUT2D eigenvalue weighted by Crippen LogP contribution is 2.11. The number of piperidine rings is 1. The molecular weight excluding hydrogens is 266 g/mol. The van der Waals surface area contributed by atoms with Crippen molar-refractivity contribution in [1.82, 2.24) is 10.2 Å². The second-order valence-electron chi connectivity index (χ2n) is 4.98. The zero-order valence-electron chi connectivity index (χ0n) is 11.6. The smallest absolute Gasteiger partial charge is 0.218 e. The molecule has 0 aliphatic carbocycles. The Bertz CT molecular complexity index is 378. The van der Waals surface area contributed by atoms with E-state index in [1.165, 1.54) is 0 Å². The van der Waals surface area contributed by atoms with Crippen LogP contribution in [0.5, 0.6) is 0 Å². The molecule has 0 bridgehead atoms. The largest absolute Gasteiger partial charge is 0.370 e. The van der Waals surface area contributed by atoms with Crippen LogP contribution in [-0.2, 0) is 14.6 Å². The summed E-state index contributed by atoms with van der Waals surface area (Å²) in [5, 5.41) is 3.30. The van der Waals surface area contributed by atoms with E-state index in [0.29, 0.717) is 12.6 Å². The number of hydrogen-bond donors (Lipinski definition) is 2. The lowest BCUT2D eigenvalue weighted by Crippen LogP contribution is -2.44. The molecule has 0 spiro atoms. The summed E-state index contributed by atoms with van der Waals surface area (Å²) < 4.78 is 23.6. The molecule has 7 heteroatoms. The van der Waals surface area contributed by atoms with Crippen LogP contribution in [0.4, 0.5) is 0 Å². The summed E-state index contributed by atoms with van der Waals surface area (Å²) in [5.41, 5.74) is 4.98. The Labute approximate surface area is 115 Å². The Morgan fingerprint density at radius 2 is 1.95 bits per heavy atom. The quantitative estimate of drug-likeness (QED) is 0.620. The van der Waals surface area contributed by atoms with E-state index in [9.17, 15) is 13.2 Å². The number of nitrogens with zero attached hydrogens (tertiary/aromatic N) is 1. The van der Waals surface area contributed by atoms with E-state index in [4.69, 9.17) is 5.73 Å². The van der Waals surface area contributed by atoms with Crippen LogP contribution in [0.25, 0.3) is 0 Å². The summed E-state index contributed by atoms with van der Waals surface area (Å²) in [7, 11) is -3.18. The predicted octanol–water partition coefficient (Wildman–Crippen LogP) is -0.649. The minimum Gasteiger partial charge on any atom is -0.370 e. The van der Waals surface area contributed by atoms with Crippen molar-refractivity contribution in [3.8, 4) is 0 Å². The molecule has 1 heterocycles. The van der Waals surface area contributed by atoms with Gasteiger partial charge in [-0.2, -0.15) is 0 Å². The van der Waals surface area contributed by atoms with Crippen molar-refractivity contribution in [3.05, 3.63) is 0 Å². The minimum absolute atomic E-state index is 0.0815. The van der Waals surface area contributed by atoms with Crippen molar-refractivity contribution < 1.29 is 13.2 Å². The van der Waals surface area contributed by atoms with Crippen LogP contribution in [0, 0.1) is 0 Å². The van der Waals surface area contributed by atoms with Crippen molar-refractivity contribution in [2.45, 2.75) is 32.2 Å². The first-order valence-corrected chi connectivity index (χ1v) is 8.70. The molecule has 0 radical (unpaired) electrons. The fourth-order valence-electron chi connectivity index (χ4n) is 2.39. The van der Waals surface area contributed by atoms with E-state index >= 15 is 0 Å². The van der Waals surface area contributed by atoms with Gasteiger partial charge in [0.05, 0.1) is 11.5 Å². The molecule has 0 aromatic rings. The highest BCUT2D eigenvalue weighted by Gasteiger charge is 2.21. The summed E-state index contributed by atoms with van der Waals surface area (Å²) in [4.78, 5) is 12.9. The van der Waals surface area contributed by atoms with Gasteiger partial charge >= 0.3 is 0 Å². The molecule has 19 heavy (non-hydrogen) atoms. The van der Waals surface area contributed by atoms with Gasteiger partial charge < -0.3 is 11.1 Å². The monoisotopic (exact) mass is 291 g/mol. The third-order valence-electron chi connectivity index (χ3n) is 3.58. The number of nitrogens with two attached hydrogens (primary N) is 1. The predicted molar refractivity (Wildman–Crippen MR) is 75.6 cm³/mol. The van der Waals surface area contributed by atoms with Crippen LogP contribution in [0.1, 0.15) is 26.2 Å². The number of rotatable bonds is 8. The number of primary amides is 1. The summed E-state index contributed by atoms with van der Waals surface area (Å²) in [6.07, 6.45) is 2.05. The number of amides is 1. The normalized spacial score (nSPS) is 17.8. The highest BCUT2D eigenvalue weighted by atomic mass is 32.2. The van der Waals surface area contributed by atoms with Crippen molar-refractivity contribution in [3.63, 3.8) is 0 Å². The maximum atomic E-state index is 11.8. The highest BCUT2D eigenvalue weighted by molar-refractivity contribution is 7.91. The zero-order valence-corrected chi connectivity index (χ0v) is 12.4. The molecule has 0 unspecified atom stereocenters. The Balaban J connectivity index is 2.41. The summed E-state index contributed by atoms with van der Waals surface area (Å²) in [5.74, 6) is -0.585. The fraction of sp³-hybridized carbons (Fsp3) is 0.917.